The van der Waals surface area contributed by atoms with E-state index in [0.717, 1.165) is 15.9 Å². The molecule has 8 heteroatoms. The van der Waals surface area contributed by atoms with E-state index in [1.54, 1.807) is 12.1 Å². The third-order valence-electron chi connectivity index (χ3n) is 7.46. The lowest BCUT2D eigenvalue weighted by atomic mass is 9.96. The second kappa shape index (κ2) is 12.8. The van der Waals surface area contributed by atoms with Gasteiger partial charge in [-0.1, -0.05) is 112 Å². The minimum Gasteiger partial charge on any atom is -0.480 e. The highest BCUT2D eigenvalue weighted by atomic mass is 28.3. The maximum atomic E-state index is 13.3. The highest BCUT2D eigenvalue weighted by Gasteiger charge is 2.59. The quantitative estimate of drug-likeness (QED) is 0.200. The van der Waals surface area contributed by atoms with Gasteiger partial charge in [-0.25, -0.2) is 0 Å². The van der Waals surface area contributed by atoms with Crippen molar-refractivity contribution in [3.63, 3.8) is 0 Å². The fourth-order valence-corrected chi connectivity index (χ4v) is 12.3. The molecule has 2 atom stereocenters. The number of aliphatic carboxylic acids is 1. The van der Waals surface area contributed by atoms with Crippen molar-refractivity contribution in [1.29, 1.82) is 0 Å². The van der Waals surface area contributed by atoms with E-state index in [4.69, 9.17) is 10.5 Å². The van der Waals surface area contributed by atoms with Crippen LogP contribution in [0.15, 0.2) is 91.0 Å². The van der Waals surface area contributed by atoms with Crippen molar-refractivity contribution in [1.82, 2.24) is 4.57 Å². The van der Waals surface area contributed by atoms with Gasteiger partial charge in [0.25, 0.3) is 0 Å². The fraction of sp³-hybridized carbons (Fsp3) is 0.364. The minimum atomic E-state index is -3.20. The zero-order chi connectivity index (χ0) is 30.4. The van der Waals surface area contributed by atoms with Crippen LogP contribution in [-0.4, -0.2) is 47.3 Å². The number of hydrogen-bond donors (Lipinski definition) is 2. The molecule has 1 unspecified atom stereocenters. The Morgan fingerprint density at radius 2 is 1.24 bits per heavy atom. The summed E-state index contributed by atoms with van der Waals surface area (Å²) in [5.41, 5.74) is 5.80. The van der Waals surface area contributed by atoms with E-state index in [0.29, 0.717) is 0 Å². The molecule has 7 nitrogen and oxygen atoms in total. The number of nitrogens with zero attached hydrogens (tertiary/aromatic N) is 1. The van der Waals surface area contributed by atoms with Crippen LogP contribution < -0.4 is 16.1 Å². The molecule has 1 amide bonds. The average molecular weight is 575 g/mol. The van der Waals surface area contributed by atoms with Crippen molar-refractivity contribution in [2.45, 2.75) is 71.2 Å². The van der Waals surface area contributed by atoms with Crippen molar-refractivity contribution >= 4 is 36.5 Å². The van der Waals surface area contributed by atoms with Crippen LogP contribution in [0.4, 0.5) is 0 Å². The van der Waals surface area contributed by atoms with E-state index in [1.165, 1.54) is 0 Å². The summed E-state index contributed by atoms with van der Waals surface area (Å²) in [6, 6.07) is 27.9. The highest BCUT2D eigenvalue weighted by molar-refractivity contribution is 7.02. The predicted octanol–water partition coefficient (Wildman–Crippen LogP) is 4.34. The number of carbonyl (C=O) groups is 3. The van der Waals surface area contributed by atoms with E-state index in [9.17, 15) is 19.5 Å². The van der Waals surface area contributed by atoms with E-state index in [-0.39, 0.29) is 13.0 Å². The summed E-state index contributed by atoms with van der Waals surface area (Å²) in [6.07, 6.45) is -0.319. The number of carboxylic acid groups (broad SMARTS) is 1. The third-order valence-corrected chi connectivity index (χ3v) is 13.7. The molecule has 0 spiro atoms. The van der Waals surface area contributed by atoms with Crippen LogP contribution in [0.1, 0.15) is 53.5 Å². The van der Waals surface area contributed by atoms with Crippen molar-refractivity contribution in [3.05, 3.63) is 96.6 Å². The van der Waals surface area contributed by atoms with Crippen molar-refractivity contribution < 1.29 is 24.2 Å². The average Bonchev–Trinajstić information content (AvgIpc) is 2.91. The molecule has 3 aromatic carbocycles. The first-order valence-electron chi connectivity index (χ1n) is 13.8. The van der Waals surface area contributed by atoms with Crippen LogP contribution >= 0.6 is 0 Å². The number of benzene rings is 3. The Bertz CT molecular complexity index is 1280. The van der Waals surface area contributed by atoms with Gasteiger partial charge in [-0.2, -0.15) is 0 Å². The molecule has 0 fully saturated rings. The molecule has 0 radical (unpaired) electrons. The SMILES string of the molecule is CC(C)(C)N([C@@H](CC(C(N)=O)C(=O)OCc1ccccc1)C(=O)O)[Si](c1ccccc1)(c1ccccc1)C(C)(C)C. The Balaban J connectivity index is 2.21. The first kappa shape index (κ1) is 31.8. The summed E-state index contributed by atoms with van der Waals surface area (Å²) in [5, 5.41) is 12.5. The molecule has 0 saturated carbocycles. The van der Waals surface area contributed by atoms with Crippen molar-refractivity contribution in [2.24, 2.45) is 11.7 Å². The number of amides is 1. The summed E-state index contributed by atoms with van der Waals surface area (Å²) >= 11 is 0. The van der Waals surface area contributed by atoms with Gasteiger partial charge in [-0.3, -0.25) is 18.9 Å². The van der Waals surface area contributed by atoms with Gasteiger partial charge in [0.2, 0.25) is 5.91 Å². The van der Waals surface area contributed by atoms with Crippen LogP contribution in [0.25, 0.3) is 0 Å². The van der Waals surface area contributed by atoms with Crippen LogP contribution in [-0.2, 0) is 25.7 Å². The summed E-state index contributed by atoms with van der Waals surface area (Å²) in [6.45, 7) is 12.3. The molecule has 0 aromatic heterocycles. The monoisotopic (exact) mass is 574 g/mol. The van der Waals surface area contributed by atoms with E-state index >= 15 is 0 Å². The van der Waals surface area contributed by atoms with E-state index < -0.39 is 48.6 Å². The van der Waals surface area contributed by atoms with E-state index in [2.05, 4.69) is 49.6 Å². The van der Waals surface area contributed by atoms with Gasteiger partial charge in [-0.15, -0.1) is 0 Å². The molecule has 0 aliphatic rings. The first-order chi connectivity index (χ1) is 19.2. The second-order valence-electron chi connectivity index (χ2n) is 12.4. The lowest BCUT2D eigenvalue weighted by molar-refractivity contribution is -0.155. The Labute approximate surface area is 244 Å². The molecular weight excluding hydrogens is 532 g/mol. The van der Waals surface area contributed by atoms with Gasteiger partial charge in [0.15, 0.2) is 8.24 Å². The maximum Gasteiger partial charge on any atom is 0.320 e. The topological polar surface area (TPSA) is 110 Å². The fourth-order valence-electron chi connectivity index (χ4n) is 5.93. The van der Waals surface area contributed by atoms with Gasteiger partial charge >= 0.3 is 11.9 Å². The summed E-state index contributed by atoms with van der Waals surface area (Å²) in [4.78, 5) is 39.2. The number of nitrogens with two attached hydrogens (primary N) is 1. The zero-order valence-corrected chi connectivity index (χ0v) is 25.8. The van der Waals surface area contributed by atoms with Gasteiger partial charge < -0.3 is 15.6 Å². The molecule has 0 saturated heterocycles. The molecule has 41 heavy (non-hydrogen) atoms. The van der Waals surface area contributed by atoms with Gasteiger partial charge in [0.1, 0.15) is 18.6 Å². The number of carbonyl (C=O) groups excluding carboxylic acids is 2. The largest absolute Gasteiger partial charge is 0.480 e. The molecule has 0 heterocycles. The Morgan fingerprint density at radius 3 is 1.61 bits per heavy atom. The predicted molar refractivity (Wildman–Crippen MR) is 164 cm³/mol. The van der Waals surface area contributed by atoms with Crippen LogP contribution in [0, 0.1) is 5.92 Å². The number of rotatable bonds is 11. The standard InChI is InChI=1S/C33H42N2O5Si/c1-32(2,3)35(41(33(4,5)6,25-18-12-8-13-19-25)26-20-14-9-15-21-26)28(30(37)38)22-27(29(34)36)31(39)40-23-24-16-10-7-11-17-24/h7-21,27-28H,22-23H2,1-6H3,(H2,34,36)(H,37,38)/t27?,28-/m0/s1. The number of hydrogen-bond acceptors (Lipinski definition) is 5. The second-order valence-corrected chi connectivity index (χ2v) is 16.9. The first-order valence-corrected chi connectivity index (χ1v) is 15.8. The van der Waals surface area contributed by atoms with Gasteiger partial charge in [-0.05, 0) is 48.2 Å². The van der Waals surface area contributed by atoms with Crippen molar-refractivity contribution in [2.75, 3.05) is 0 Å². The normalized spacial score (nSPS) is 13.8. The third kappa shape index (κ3) is 6.94. The maximum absolute atomic E-state index is 13.3. The van der Waals surface area contributed by atoms with Crippen molar-refractivity contribution in [3.8, 4) is 0 Å². The molecule has 0 aliphatic heterocycles. The van der Waals surface area contributed by atoms with Crippen LogP contribution in [0.2, 0.25) is 5.04 Å². The molecule has 3 N–H and O–H groups in total. The Morgan fingerprint density at radius 1 is 0.805 bits per heavy atom. The molecule has 0 aliphatic carbocycles. The zero-order valence-electron chi connectivity index (χ0n) is 24.8. The molecular formula is C33H42N2O5Si. The molecule has 3 rings (SSSR count). The number of primary amides is 1. The lowest BCUT2D eigenvalue weighted by Gasteiger charge is -2.58. The van der Waals surface area contributed by atoms with Gasteiger partial charge in [0.05, 0.1) is 0 Å². The number of esters is 1. The number of carboxylic acids is 1. The molecule has 0 bridgehead atoms. The summed E-state index contributed by atoms with van der Waals surface area (Å²) < 4.78 is 7.56. The van der Waals surface area contributed by atoms with Crippen LogP contribution in [0.5, 0.6) is 0 Å². The van der Waals surface area contributed by atoms with Gasteiger partial charge in [0, 0.05) is 5.54 Å². The minimum absolute atomic E-state index is 0.0428. The number of ether oxygens (including phenoxy) is 1. The lowest BCUT2D eigenvalue weighted by Crippen LogP contribution is -2.81. The molecule has 218 valence electrons. The Hall–Kier alpha value is -3.75. The molecule has 3 aromatic rings. The van der Waals surface area contributed by atoms with E-state index in [1.807, 2.05) is 75.4 Å². The summed E-state index contributed by atoms with van der Waals surface area (Å²) in [7, 11) is -3.20. The highest BCUT2D eigenvalue weighted by Crippen LogP contribution is 2.43. The smallest absolute Gasteiger partial charge is 0.320 e. The van der Waals surface area contributed by atoms with Crippen LogP contribution in [0.3, 0.4) is 0 Å². The Kier molecular flexibility index (Phi) is 9.94. The summed E-state index contributed by atoms with van der Waals surface area (Å²) in [5.74, 6) is -4.31.